The molecule has 2 rings (SSSR count). The van der Waals surface area contributed by atoms with E-state index in [1.54, 1.807) is 0 Å². The van der Waals surface area contributed by atoms with Crippen LogP contribution in [-0.2, 0) is 4.79 Å². The van der Waals surface area contributed by atoms with Crippen LogP contribution in [-0.4, -0.2) is 35.1 Å². The van der Waals surface area contributed by atoms with Crippen molar-refractivity contribution < 1.29 is 9.90 Å². The van der Waals surface area contributed by atoms with Gasteiger partial charge < -0.3 is 5.11 Å². The van der Waals surface area contributed by atoms with Crippen molar-refractivity contribution in [3.8, 4) is 0 Å². The summed E-state index contributed by atoms with van der Waals surface area (Å²) in [7, 11) is 0. The lowest BCUT2D eigenvalue weighted by atomic mass is 9.93. The van der Waals surface area contributed by atoms with Gasteiger partial charge in [0.05, 0.1) is 6.54 Å². The number of hydrogen-bond acceptors (Lipinski definition) is 2. The lowest BCUT2D eigenvalue weighted by Gasteiger charge is -2.34. The normalized spacial score (nSPS) is 32.9. The lowest BCUT2D eigenvalue weighted by Crippen LogP contribution is -2.44. The van der Waals surface area contributed by atoms with Gasteiger partial charge in [0, 0.05) is 12.6 Å². The van der Waals surface area contributed by atoms with Crippen LogP contribution < -0.4 is 0 Å². The lowest BCUT2D eigenvalue weighted by molar-refractivity contribution is -0.139. The average molecular weight is 225 g/mol. The molecule has 3 nitrogen and oxygen atoms in total. The highest BCUT2D eigenvalue weighted by molar-refractivity contribution is 5.69. The van der Waals surface area contributed by atoms with Crippen molar-refractivity contribution in [3.05, 3.63) is 0 Å². The van der Waals surface area contributed by atoms with Crippen LogP contribution in [0.1, 0.15) is 39.5 Å². The average Bonchev–Trinajstić information content (AvgIpc) is 2.75. The van der Waals surface area contributed by atoms with Crippen molar-refractivity contribution >= 4 is 5.97 Å². The summed E-state index contributed by atoms with van der Waals surface area (Å²) in [6, 6.07) is 0.553. The van der Waals surface area contributed by atoms with E-state index in [-0.39, 0.29) is 6.54 Å². The summed E-state index contributed by atoms with van der Waals surface area (Å²) in [6.45, 7) is 5.50. The van der Waals surface area contributed by atoms with Gasteiger partial charge in [0.15, 0.2) is 0 Å². The molecule has 0 saturated heterocycles. The quantitative estimate of drug-likeness (QED) is 0.780. The zero-order valence-electron chi connectivity index (χ0n) is 10.4. The molecule has 3 atom stereocenters. The molecule has 3 unspecified atom stereocenters. The monoisotopic (exact) mass is 225 g/mol. The fraction of sp³-hybridized carbons (Fsp3) is 0.923. The van der Waals surface area contributed by atoms with Crippen LogP contribution in [0.4, 0.5) is 0 Å². The van der Waals surface area contributed by atoms with Crippen LogP contribution in [0.3, 0.4) is 0 Å². The van der Waals surface area contributed by atoms with Crippen LogP contribution in [0.5, 0.6) is 0 Å². The number of nitrogens with zero attached hydrogens (tertiary/aromatic N) is 1. The third-order valence-electron chi connectivity index (χ3n) is 4.11. The Morgan fingerprint density at radius 3 is 2.56 bits per heavy atom. The number of fused-ring (bicyclic) bond motifs is 2. The predicted molar refractivity (Wildman–Crippen MR) is 63.3 cm³/mol. The maximum absolute atomic E-state index is 10.9. The van der Waals surface area contributed by atoms with Crippen molar-refractivity contribution in [1.82, 2.24) is 4.90 Å². The van der Waals surface area contributed by atoms with Crippen molar-refractivity contribution in [2.24, 2.45) is 17.8 Å². The van der Waals surface area contributed by atoms with Gasteiger partial charge in [-0.05, 0) is 37.0 Å². The maximum atomic E-state index is 10.9. The number of hydrogen-bond donors (Lipinski definition) is 1. The van der Waals surface area contributed by atoms with E-state index in [9.17, 15) is 4.79 Å². The van der Waals surface area contributed by atoms with E-state index in [2.05, 4.69) is 18.7 Å². The maximum Gasteiger partial charge on any atom is 0.317 e. The van der Waals surface area contributed by atoms with Gasteiger partial charge in [-0.1, -0.05) is 20.3 Å². The largest absolute Gasteiger partial charge is 0.480 e. The minimum atomic E-state index is -0.677. The van der Waals surface area contributed by atoms with E-state index in [0.717, 1.165) is 18.4 Å². The second kappa shape index (κ2) is 4.74. The van der Waals surface area contributed by atoms with Gasteiger partial charge in [0.1, 0.15) is 0 Å². The van der Waals surface area contributed by atoms with Crippen molar-refractivity contribution in [2.45, 2.75) is 45.6 Å². The topological polar surface area (TPSA) is 40.5 Å². The summed E-state index contributed by atoms with van der Waals surface area (Å²) < 4.78 is 0. The van der Waals surface area contributed by atoms with Crippen molar-refractivity contribution in [1.29, 1.82) is 0 Å². The van der Waals surface area contributed by atoms with E-state index in [4.69, 9.17) is 5.11 Å². The highest BCUT2D eigenvalue weighted by Gasteiger charge is 2.42. The second-order valence-electron chi connectivity index (χ2n) is 5.96. The number of carboxylic acids is 1. The molecule has 0 aromatic rings. The first-order valence-electron chi connectivity index (χ1n) is 6.52. The Morgan fingerprint density at radius 1 is 1.38 bits per heavy atom. The molecule has 0 aromatic carbocycles. The first-order valence-corrected chi connectivity index (χ1v) is 6.52. The van der Waals surface area contributed by atoms with Crippen LogP contribution in [0, 0.1) is 17.8 Å². The molecule has 2 aliphatic carbocycles. The van der Waals surface area contributed by atoms with Crippen molar-refractivity contribution in [3.63, 3.8) is 0 Å². The molecule has 0 radical (unpaired) electrons. The summed E-state index contributed by atoms with van der Waals surface area (Å²) in [5.74, 6) is 1.54. The first kappa shape index (κ1) is 11.9. The number of carboxylic acid groups (broad SMARTS) is 1. The molecular formula is C13H23NO2. The molecule has 92 valence electrons. The highest BCUT2D eigenvalue weighted by atomic mass is 16.4. The number of rotatable bonds is 5. The Labute approximate surface area is 97.8 Å². The molecule has 2 saturated carbocycles. The SMILES string of the molecule is CC(C)CN(CC(=O)O)C1CC2CCC1C2. The molecule has 3 heteroatoms. The minimum absolute atomic E-state index is 0.228. The summed E-state index contributed by atoms with van der Waals surface area (Å²) in [6.07, 6.45) is 5.29. The molecule has 2 fully saturated rings. The molecule has 1 N–H and O–H groups in total. The number of aliphatic carboxylic acids is 1. The third kappa shape index (κ3) is 2.57. The summed E-state index contributed by atoms with van der Waals surface area (Å²) in [5.41, 5.74) is 0. The Bertz CT molecular complexity index is 265. The molecule has 0 amide bonds. The predicted octanol–water partition coefficient (Wildman–Crippen LogP) is 2.22. The molecular weight excluding hydrogens is 202 g/mol. The molecule has 0 aromatic heterocycles. The standard InChI is InChI=1S/C13H23NO2/c1-9(2)7-14(8-13(15)16)12-6-10-3-4-11(12)5-10/h9-12H,3-8H2,1-2H3,(H,15,16). The van der Waals surface area contributed by atoms with Crippen LogP contribution in [0.25, 0.3) is 0 Å². The fourth-order valence-electron chi connectivity index (χ4n) is 3.62. The zero-order valence-corrected chi connectivity index (χ0v) is 10.4. The van der Waals surface area contributed by atoms with E-state index >= 15 is 0 Å². The van der Waals surface area contributed by atoms with Gasteiger partial charge in [-0.3, -0.25) is 9.69 Å². The van der Waals surface area contributed by atoms with Crippen LogP contribution in [0.2, 0.25) is 0 Å². The Hall–Kier alpha value is -0.570. The third-order valence-corrected chi connectivity index (χ3v) is 4.11. The first-order chi connectivity index (χ1) is 7.56. The van der Waals surface area contributed by atoms with Gasteiger partial charge in [0.2, 0.25) is 0 Å². The smallest absolute Gasteiger partial charge is 0.317 e. The molecule has 2 bridgehead atoms. The Morgan fingerprint density at radius 2 is 2.12 bits per heavy atom. The van der Waals surface area contributed by atoms with Gasteiger partial charge in [-0.25, -0.2) is 0 Å². The minimum Gasteiger partial charge on any atom is -0.480 e. The van der Waals surface area contributed by atoms with Crippen LogP contribution in [0.15, 0.2) is 0 Å². The second-order valence-corrected chi connectivity index (χ2v) is 5.96. The Balaban J connectivity index is 1.97. The highest BCUT2D eigenvalue weighted by Crippen LogP contribution is 2.46. The van der Waals surface area contributed by atoms with Gasteiger partial charge in [0.25, 0.3) is 0 Å². The molecule has 16 heavy (non-hydrogen) atoms. The van der Waals surface area contributed by atoms with Gasteiger partial charge in [-0.2, -0.15) is 0 Å². The summed E-state index contributed by atoms with van der Waals surface area (Å²) >= 11 is 0. The van der Waals surface area contributed by atoms with E-state index in [1.165, 1.54) is 25.7 Å². The van der Waals surface area contributed by atoms with Crippen molar-refractivity contribution in [2.75, 3.05) is 13.1 Å². The molecule has 2 aliphatic rings. The summed E-state index contributed by atoms with van der Waals surface area (Å²) in [5, 5.41) is 8.99. The van der Waals surface area contributed by atoms with Gasteiger partial charge in [-0.15, -0.1) is 0 Å². The van der Waals surface area contributed by atoms with E-state index in [0.29, 0.717) is 12.0 Å². The van der Waals surface area contributed by atoms with E-state index in [1.807, 2.05) is 0 Å². The van der Waals surface area contributed by atoms with E-state index < -0.39 is 5.97 Å². The van der Waals surface area contributed by atoms with Crippen LogP contribution >= 0.6 is 0 Å². The summed E-state index contributed by atoms with van der Waals surface area (Å²) in [4.78, 5) is 13.1. The van der Waals surface area contributed by atoms with Gasteiger partial charge >= 0.3 is 5.97 Å². The fourth-order valence-corrected chi connectivity index (χ4v) is 3.62. The molecule has 0 aliphatic heterocycles. The zero-order chi connectivity index (χ0) is 11.7. The molecule has 0 heterocycles. The molecule has 0 spiro atoms. The Kier molecular flexibility index (Phi) is 3.53. The number of carbonyl (C=O) groups is 1.